The van der Waals surface area contributed by atoms with Gasteiger partial charge in [0.15, 0.2) is 0 Å². The molecule has 0 aliphatic rings. The van der Waals surface area contributed by atoms with Gasteiger partial charge in [0.1, 0.15) is 0 Å². The molecule has 0 aliphatic heterocycles. The van der Waals surface area contributed by atoms with Gasteiger partial charge < -0.3 is 11.1 Å². The van der Waals surface area contributed by atoms with Gasteiger partial charge in [-0.3, -0.25) is 5.01 Å². The molecule has 2 rings (SSSR count). The molecule has 0 saturated carbocycles. The number of hydrazine groups is 1. The van der Waals surface area contributed by atoms with Crippen LogP contribution in [0.3, 0.4) is 0 Å². The molecule has 4 heteroatoms. The number of nitrogens with two attached hydrogens (primary N) is 2. The van der Waals surface area contributed by atoms with E-state index in [1.165, 1.54) is 5.39 Å². The second kappa shape index (κ2) is 5.84. The van der Waals surface area contributed by atoms with Gasteiger partial charge in [-0.05, 0) is 41.0 Å². The van der Waals surface area contributed by atoms with E-state index < -0.39 is 0 Å². The smallest absolute Gasteiger partial charge is 0.0575 e. The van der Waals surface area contributed by atoms with Crippen molar-refractivity contribution >= 4 is 22.1 Å². The molecule has 4 nitrogen and oxygen atoms in total. The highest BCUT2D eigenvalue weighted by atomic mass is 15.4. The van der Waals surface area contributed by atoms with E-state index in [4.69, 9.17) is 11.6 Å². The molecule has 2 aromatic rings. The van der Waals surface area contributed by atoms with Crippen molar-refractivity contribution < 1.29 is 0 Å². The van der Waals surface area contributed by atoms with E-state index in [1.807, 2.05) is 27.0 Å². The minimum absolute atomic E-state index is 0.275. The summed E-state index contributed by atoms with van der Waals surface area (Å²) in [6.07, 6.45) is 1.77. The third-order valence-corrected chi connectivity index (χ3v) is 3.37. The maximum atomic E-state index is 6.06. The minimum Gasteiger partial charge on any atom is -0.401 e. The Morgan fingerprint density at radius 2 is 1.85 bits per heavy atom. The van der Waals surface area contributed by atoms with Crippen molar-refractivity contribution in [3.05, 3.63) is 48.3 Å². The topological polar surface area (TPSA) is 67.3 Å². The van der Waals surface area contributed by atoms with Crippen molar-refractivity contribution in [1.82, 2.24) is 0 Å². The Bertz CT molecular complexity index is 631. The van der Waals surface area contributed by atoms with Gasteiger partial charge in [-0.25, -0.2) is 5.84 Å². The lowest BCUT2D eigenvalue weighted by Crippen LogP contribution is -2.26. The summed E-state index contributed by atoms with van der Waals surface area (Å²) in [6.45, 7) is 4.08. The predicted octanol–water partition coefficient (Wildman–Crippen LogP) is 3.02. The molecular formula is C16H22N4. The zero-order chi connectivity index (χ0) is 14.7. The van der Waals surface area contributed by atoms with Gasteiger partial charge in [0.2, 0.25) is 0 Å². The van der Waals surface area contributed by atoms with Crippen LogP contribution in [0, 0.1) is 5.92 Å². The van der Waals surface area contributed by atoms with Crippen LogP contribution in [0.1, 0.15) is 13.8 Å². The Balaban J connectivity index is 2.37. The first-order valence-electron chi connectivity index (χ1n) is 6.74. The summed E-state index contributed by atoms with van der Waals surface area (Å²) >= 11 is 0. The zero-order valence-corrected chi connectivity index (χ0v) is 12.2. The second-order valence-corrected chi connectivity index (χ2v) is 5.19. The van der Waals surface area contributed by atoms with Crippen LogP contribution in [-0.2, 0) is 0 Å². The summed E-state index contributed by atoms with van der Waals surface area (Å²) in [4.78, 5) is 0. The lowest BCUT2D eigenvalue weighted by molar-refractivity contribution is 0.748. The largest absolute Gasteiger partial charge is 0.401 e. The number of hydrogen-bond donors (Lipinski definition) is 3. The molecule has 0 spiro atoms. The van der Waals surface area contributed by atoms with Gasteiger partial charge in [-0.15, -0.1) is 0 Å². The Morgan fingerprint density at radius 3 is 2.50 bits per heavy atom. The Labute approximate surface area is 120 Å². The van der Waals surface area contributed by atoms with E-state index in [1.54, 1.807) is 11.2 Å². The summed E-state index contributed by atoms with van der Waals surface area (Å²) in [5.41, 5.74) is 8.69. The van der Waals surface area contributed by atoms with Crippen LogP contribution in [0.15, 0.2) is 48.3 Å². The molecule has 0 unspecified atom stereocenters. The van der Waals surface area contributed by atoms with E-state index in [2.05, 4.69) is 35.6 Å². The first-order valence-corrected chi connectivity index (χ1v) is 6.74. The molecule has 0 aliphatic carbocycles. The van der Waals surface area contributed by atoms with Gasteiger partial charge in [-0.2, -0.15) is 0 Å². The number of allylic oxidation sites excluding steroid dienone is 1. The first-order chi connectivity index (χ1) is 9.51. The minimum atomic E-state index is 0.275. The molecule has 0 heterocycles. The molecule has 0 amide bonds. The van der Waals surface area contributed by atoms with Crippen molar-refractivity contribution in [3.63, 3.8) is 0 Å². The number of fused-ring (bicyclic) bond motifs is 1. The van der Waals surface area contributed by atoms with Crippen molar-refractivity contribution in [2.24, 2.45) is 17.5 Å². The Hall–Kier alpha value is -2.20. The summed E-state index contributed by atoms with van der Waals surface area (Å²) in [5, 5.41) is 7.03. The van der Waals surface area contributed by atoms with Crippen LogP contribution < -0.4 is 21.9 Å². The molecular weight excluding hydrogens is 248 g/mol. The van der Waals surface area contributed by atoms with Crippen molar-refractivity contribution in [3.8, 4) is 0 Å². The maximum absolute atomic E-state index is 6.06. The van der Waals surface area contributed by atoms with Crippen molar-refractivity contribution in [2.45, 2.75) is 13.8 Å². The van der Waals surface area contributed by atoms with E-state index in [9.17, 15) is 0 Å². The lowest BCUT2D eigenvalue weighted by Gasteiger charge is -2.17. The Morgan fingerprint density at radius 1 is 1.15 bits per heavy atom. The molecule has 0 atom stereocenters. The number of nitrogens with one attached hydrogen (secondary N) is 1. The summed E-state index contributed by atoms with van der Waals surface area (Å²) < 4.78 is 0. The molecule has 0 saturated heterocycles. The average molecular weight is 270 g/mol. The summed E-state index contributed by atoms with van der Waals surface area (Å²) in [7, 11) is 1.91. The summed E-state index contributed by atoms with van der Waals surface area (Å²) in [5.74, 6) is 6.33. The molecule has 0 radical (unpaired) electrons. The predicted molar refractivity (Wildman–Crippen MR) is 87.3 cm³/mol. The molecule has 20 heavy (non-hydrogen) atoms. The van der Waals surface area contributed by atoms with E-state index in [-0.39, 0.29) is 5.92 Å². The van der Waals surface area contributed by atoms with E-state index in [0.29, 0.717) is 0 Å². The van der Waals surface area contributed by atoms with Crippen molar-refractivity contribution in [1.29, 1.82) is 0 Å². The fourth-order valence-corrected chi connectivity index (χ4v) is 1.93. The number of nitrogens with zero attached hydrogens (tertiary/aromatic N) is 1. The van der Waals surface area contributed by atoms with Crippen LogP contribution in [0.4, 0.5) is 11.4 Å². The molecule has 2 aromatic carbocycles. The zero-order valence-electron chi connectivity index (χ0n) is 12.2. The van der Waals surface area contributed by atoms with Crippen LogP contribution in [0.2, 0.25) is 0 Å². The molecule has 0 aromatic heterocycles. The number of anilines is 2. The first kappa shape index (κ1) is 14.2. The van der Waals surface area contributed by atoms with Crippen molar-refractivity contribution in [2.75, 3.05) is 17.4 Å². The second-order valence-electron chi connectivity index (χ2n) is 5.19. The quantitative estimate of drug-likeness (QED) is 0.590. The standard InChI is InChI=1S/C16H22N4/c1-11(2)16(17)10-20(18)15-7-5-12-4-6-14(19-3)8-13(12)9-15/h4-11,19H,17-18H2,1-3H3/b16-10-. The number of hydrogen-bond acceptors (Lipinski definition) is 4. The van der Waals surface area contributed by atoms with Gasteiger partial charge >= 0.3 is 0 Å². The maximum Gasteiger partial charge on any atom is 0.0575 e. The van der Waals surface area contributed by atoms with Crippen LogP contribution in [-0.4, -0.2) is 7.05 Å². The highest BCUT2D eigenvalue weighted by Gasteiger charge is 2.04. The average Bonchev–Trinajstić information content (AvgIpc) is 2.45. The van der Waals surface area contributed by atoms with Gasteiger partial charge in [-0.1, -0.05) is 26.0 Å². The molecule has 5 N–H and O–H groups in total. The van der Waals surface area contributed by atoms with Gasteiger partial charge in [0.05, 0.1) is 5.69 Å². The molecule has 0 bridgehead atoms. The molecule has 0 fully saturated rings. The Kier molecular flexibility index (Phi) is 4.15. The van der Waals surface area contributed by atoms with E-state index in [0.717, 1.165) is 22.5 Å². The fraction of sp³-hybridized carbons (Fsp3) is 0.250. The van der Waals surface area contributed by atoms with Crippen LogP contribution >= 0.6 is 0 Å². The normalized spacial score (nSPS) is 11.9. The lowest BCUT2D eigenvalue weighted by atomic mass is 10.1. The van der Waals surface area contributed by atoms with Crippen LogP contribution in [0.25, 0.3) is 10.8 Å². The van der Waals surface area contributed by atoms with Gasteiger partial charge in [0, 0.05) is 24.6 Å². The fourth-order valence-electron chi connectivity index (χ4n) is 1.93. The highest BCUT2D eigenvalue weighted by Crippen LogP contribution is 2.24. The monoisotopic (exact) mass is 270 g/mol. The number of rotatable bonds is 4. The third-order valence-electron chi connectivity index (χ3n) is 3.37. The SMILES string of the molecule is CNc1ccc2ccc(N(N)/C=C(\N)C(C)C)cc2c1. The highest BCUT2D eigenvalue weighted by molar-refractivity contribution is 5.88. The van der Waals surface area contributed by atoms with E-state index >= 15 is 0 Å². The third kappa shape index (κ3) is 3.03. The summed E-state index contributed by atoms with van der Waals surface area (Å²) in [6, 6.07) is 12.3. The van der Waals surface area contributed by atoms with Gasteiger partial charge in [0.25, 0.3) is 0 Å². The molecule has 106 valence electrons. The number of benzene rings is 2. The van der Waals surface area contributed by atoms with Crippen LogP contribution in [0.5, 0.6) is 0 Å².